The zero-order chi connectivity index (χ0) is 27.2. The molecule has 5 atom stereocenters. The van der Waals surface area contributed by atoms with Crippen LogP contribution in [0.25, 0.3) is 0 Å². The van der Waals surface area contributed by atoms with Crippen molar-refractivity contribution >= 4 is 43.8 Å². The number of ether oxygens (including phenoxy) is 1. The summed E-state index contributed by atoms with van der Waals surface area (Å²) in [7, 11) is -2.34. The molecular formula is C26H37BrN2O7S. The zero-order valence-corrected chi connectivity index (χ0v) is 23.8. The smallest absolute Gasteiger partial charge is 0.309 e. The number of halogens is 1. The van der Waals surface area contributed by atoms with Crippen molar-refractivity contribution in [1.29, 1.82) is 0 Å². The summed E-state index contributed by atoms with van der Waals surface area (Å²) < 4.78 is 36.5. The van der Waals surface area contributed by atoms with Crippen LogP contribution < -0.4 is 5.73 Å². The standard InChI is InChI=1S/C26H37BrN2O7S/c1-3-35-26(32)21-14-17(21)8-6-4-5-7-13-29(2)25(31)23-16-19(15-22(23)24(28)30)36-37(33,34)20-11-9-18(27)10-12-20/h9-12,17,19,21-23H,3-8,13-16H2,1-2H3,(H2,28,30)/t17-,19+,21+,22-,23-/m1/s1. The van der Waals surface area contributed by atoms with Gasteiger partial charge in [0.2, 0.25) is 11.8 Å². The molecule has 1 aromatic rings. The van der Waals surface area contributed by atoms with E-state index < -0.39 is 34.0 Å². The second-order valence-electron chi connectivity index (χ2n) is 10.0. The lowest BCUT2D eigenvalue weighted by atomic mass is 9.94. The molecule has 0 saturated heterocycles. The van der Waals surface area contributed by atoms with Gasteiger partial charge in [0.25, 0.3) is 10.1 Å². The fraction of sp³-hybridized carbons (Fsp3) is 0.654. The average molecular weight is 602 g/mol. The molecule has 0 radical (unpaired) electrons. The van der Waals surface area contributed by atoms with Crippen LogP contribution in [0.2, 0.25) is 0 Å². The average Bonchev–Trinajstić information content (AvgIpc) is 3.50. The molecule has 2 fully saturated rings. The van der Waals surface area contributed by atoms with Gasteiger partial charge in [-0.1, -0.05) is 35.2 Å². The van der Waals surface area contributed by atoms with E-state index in [1.54, 1.807) is 24.1 Å². The monoisotopic (exact) mass is 600 g/mol. The van der Waals surface area contributed by atoms with Crippen molar-refractivity contribution in [2.45, 2.75) is 69.3 Å². The lowest BCUT2D eigenvalue weighted by molar-refractivity contribution is -0.145. The van der Waals surface area contributed by atoms with E-state index >= 15 is 0 Å². The van der Waals surface area contributed by atoms with Crippen molar-refractivity contribution in [1.82, 2.24) is 4.90 Å². The predicted molar refractivity (Wildman–Crippen MR) is 141 cm³/mol. The Balaban J connectivity index is 1.42. The normalized spacial score (nSPS) is 25.0. The molecule has 2 N–H and O–H groups in total. The number of esters is 1. The van der Waals surface area contributed by atoms with Crippen molar-refractivity contribution in [2.24, 2.45) is 29.4 Å². The van der Waals surface area contributed by atoms with Crippen molar-refractivity contribution < 1.29 is 31.7 Å². The van der Waals surface area contributed by atoms with Crippen LogP contribution in [0.3, 0.4) is 0 Å². The number of primary amides is 1. The van der Waals surface area contributed by atoms with Crippen LogP contribution in [0.1, 0.15) is 58.3 Å². The largest absolute Gasteiger partial charge is 0.466 e. The molecule has 9 nitrogen and oxygen atoms in total. The molecule has 0 aromatic heterocycles. The minimum Gasteiger partial charge on any atom is -0.466 e. The first-order valence-corrected chi connectivity index (χ1v) is 15.1. The van der Waals surface area contributed by atoms with E-state index in [0.29, 0.717) is 19.1 Å². The topological polar surface area (TPSA) is 133 Å². The Morgan fingerprint density at radius 3 is 2.30 bits per heavy atom. The molecule has 0 spiro atoms. The molecule has 0 unspecified atom stereocenters. The molecule has 206 valence electrons. The number of carbonyl (C=O) groups excluding carboxylic acids is 3. The number of hydrogen-bond donors (Lipinski definition) is 1. The molecule has 3 rings (SSSR count). The van der Waals surface area contributed by atoms with Crippen LogP contribution in [0, 0.1) is 23.7 Å². The second kappa shape index (κ2) is 13.2. The van der Waals surface area contributed by atoms with E-state index in [2.05, 4.69) is 15.9 Å². The molecule has 2 amide bonds. The van der Waals surface area contributed by atoms with Crippen LogP contribution in [0.5, 0.6) is 0 Å². The van der Waals surface area contributed by atoms with E-state index in [1.807, 2.05) is 6.92 Å². The molecular weight excluding hydrogens is 564 g/mol. The number of amides is 2. The highest BCUT2D eigenvalue weighted by molar-refractivity contribution is 9.10. The summed E-state index contributed by atoms with van der Waals surface area (Å²) in [6.45, 7) is 2.78. The third-order valence-electron chi connectivity index (χ3n) is 7.27. The first-order valence-electron chi connectivity index (χ1n) is 12.9. The quantitative estimate of drug-likeness (QED) is 0.196. The molecule has 2 aliphatic carbocycles. The first kappa shape index (κ1) is 29.6. The van der Waals surface area contributed by atoms with Crippen LogP contribution in [-0.2, 0) is 33.4 Å². The molecule has 0 bridgehead atoms. The van der Waals surface area contributed by atoms with Gasteiger partial charge < -0.3 is 15.4 Å². The molecule has 11 heteroatoms. The Kier molecular flexibility index (Phi) is 10.5. The van der Waals surface area contributed by atoms with Crippen molar-refractivity contribution in [3.8, 4) is 0 Å². The van der Waals surface area contributed by atoms with Gasteiger partial charge in [-0.2, -0.15) is 8.42 Å². The lowest BCUT2D eigenvalue weighted by Gasteiger charge is -2.23. The number of hydrogen-bond acceptors (Lipinski definition) is 7. The van der Waals surface area contributed by atoms with Crippen LogP contribution in [0.4, 0.5) is 0 Å². The van der Waals surface area contributed by atoms with Gasteiger partial charge in [0.15, 0.2) is 0 Å². The van der Waals surface area contributed by atoms with Crippen molar-refractivity contribution in [2.75, 3.05) is 20.2 Å². The van der Waals surface area contributed by atoms with Crippen LogP contribution >= 0.6 is 15.9 Å². The molecule has 37 heavy (non-hydrogen) atoms. The van der Waals surface area contributed by atoms with Crippen molar-refractivity contribution in [3.63, 3.8) is 0 Å². The summed E-state index contributed by atoms with van der Waals surface area (Å²) in [4.78, 5) is 38.5. The highest BCUT2D eigenvalue weighted by Gasteiger charge is 2.45. The Hall–Kier alpha value is -1.98. The number of benzene rings is 1. The minimum atomic E-state index is -4.04. The number of nitrogens with two attached hydrogens (primary N) is 1. The predicted octanol–water partition coefficient (Wildman–Crippen LogP) is 3.64. The Morgan fingerprint density at radius 1 is 1.00 bits per heavy atom. The number of rotatable bonds is 14. The first-order chi connectivity index (χ1) is 17.5. The highest BCUT2D eigenvalue weighted by Crippen LogP contribution is 2.43. The van der Waals surface area contributed by atoms with Gasteiger partial charge in [0.05, 0.1) is 35.4 Å². The fourth-order valence-corrected chi connectivity index (χ4v) is 6.46. The number of unbranched alkanes of at least 4 members (excludes halogenated alkanes) is 3. The second-order valence-corrected chi connectivity index (χ2v) is 12.5. The van der Waals surface area contributed by atoms with E-state index in [9.17, 15) is 22.8 Å². The van der Waals surface area contributed by atoms with E-state index in [-0.39, 0.29) is 35.5 Å². The maximum Gasteiger partial charge on any atom is 0.309 e. The SMILES string of the molecule is CCOC(=O)[C@H]1C[C@H]1CCCCCCN(C)C(=O)[C@@H]1C[C@@H](OS(=O)(=O)c2ccc(Br)cc2)C[C@H]1C(N)=O. The highest BCUT2D eigenvalue weighted by atomic mass is 79.9. The minimum absolute atomic E-state index is 0.0105. The maximum absolute atomic E-state index is 13.1. The molecule has 2 aliphatic rings. The van der Waals surface area contributed by atoms with E-state index in [1.165, 1.54) is 12.1 Å². The van der Waals surface area contributed by atoms with Gasteiger partial charge in [0.1, 0.15) is 0 Å². The maximum atomic E-state index is 13.1. The summed E-state index contributed by atoms with van der Waals surface area (Å²) >= 11 is 3.27. The van der Waals surface area contributed by atoms with Gasteiger partial charge in [-0.15, -0.1) is 0 Å². The summed E-state index contributed by atoms with van der Waals surface area (Å²) in [5.74, 6) is -1.88. The summed E-state index contributed by atoms with van der Waals surface area (Å²) in [5, 5.41) is 0. The third kappa shape index (κ3) is 8.25. The molecule has 0 aliphatic heterocycles. The van der Waals surface area contributed by atoms with Gasteiger partial charge in [-0.25, -0.2) is 0 Å². The molecule has 2 saturated carbocycles. The van der Waals surface area contributed by atoms with E-state index in [4.69, 9.17) is 14.7 Å². The Morgan fingerprint density at radius 2 is 1.65 bits per heavy atom. The van der Waals surface area contributed by atoms with Gasteiger partial charge >= 0.3 is 5.97 Å². The lowest BCUT2D eigenvalue weighted by Crippen LogP contribution is -2.39. The molecule has 0 heterocycles. The summed E-state index contributed by atoms with van der Waals surface area (Å²) in [6.07, 6.45) is 5.18. The van der Waals surface area contributed by atoms with Crippen LogP contribution in [-0.4, -0.2) is 57.4 Å². The Labute approximate surface area is 227 Å². The Bertz CT molecular complexity index is 1060. The number of carbonyl (C=O) groups is 3. The third-order valence-corrected chi connectivity index (χ3v) is 9.18. The number of nitrogens with zero attached hydrogens (tertiary/aromatic N) is 1. The molecule has 1 aromatic carbocycles. The van der Waals surface area contributed by atoms with Gasteiger partial charge in [-0.05, 0) is 69.2 Å². The van der Waals surface area contributed by atoms with Crippen LogP contribution in [0.15, 0.2) is 33.6 Å². The van der Waals surface area contributed by atoms with Gasteiger partial charge in [-0.3, -0.25) is 18.6 Å². The fourth-order valence-electron chi connectivity index (χ4n) is 5.10. The van der Waals surface area contributed by atoms with Gasteiger partial charge in [0, 0.05) is 18.1 Å². The summed E-state index contributed by atoms with van der Waals surface area (Å²) in [5.41, 5.74) is 5.56. The van der Waals surface area contributed by atoms with Crippen molar-refractivity contribution in [3.05, 3.63) is 28.7 Å². The van der Waals surface area contributed by atoms with E-state index in [0.717, 1.165) is 43.0 Å². The summed E-state index contributed by atoms with van der Waals surface area (Å²) in [6, 6.07) is 6.06. The zero-order valence-electron chi connectivity index (χ0n) is 21.4.